The van der Waals surface area contributed by atoms with Gasteiger partial charge >= 0.3 is 6.03 Å². The summed E-state index contributed by atoms with van der Waals surface area (Å²) in [5.74, 6) is -0.355. The second kappa shape index (κ2) is 7.12. The Hall–Kier alpha value is -3.13. The largest absolute Gasteiger partial charge is 0.454 e. The molecular weight excluding hydrogens is 428 g/mol. The molecule has 1 saturated heterocycles. The number of hydrogen-bond donors (Lipinski definition) is 1. The van der Waals surface area contributed by atoms with Gasteiger partial charge < -0.3 is 9.47 Å². The first kappa shape index (κ1) is 18.2. The van der Waals surface area contributed by atoms with Gasteiger partial charge in [0.2, 0.25) is 6.79 Å². The second-order valence-electron chi connectivity index (χ2n) is 6.20. The third-order valence-electron chi connectivity index (χ3n) is 4.50. The molecule has 1 fully saturated rings. The van der Waals surface area contributed by atoms with Gasteiger partial charge in [-0.05, 0) is 47.9 Å². The Bertz CT molecular complexity index is 1030. The molecule has 2 aliphatic rings. The Balaban J connectivity index is 1.72. The number of amides is 4. The Morgan fingerprint density at radius 2 is 1.79 bits per heavy atom. The van der Waals surface area contributed by atoms with Crippen LogP contribution in [0.25, 0.3) is 6.08 Å². The van der Waals surface area contributed by atoms with E-state index in [1.165, 1.54) is 6.08 Å². The molecule has 0 aromatic heterocycles. The van der Waals surface area contributed by atoms with Crippen molar-refractivity contribution >= 4 is 45.5 Å². The molecule has 2 aromatic rings. The predicted octanol–water partition coefficient (Wildman–Crippen LogP) is 3.41. The number of urea groups is 1. The number of carbonyl (C=O) groups is 3. The van der Waals surface area contributed by atoms with Crippen LogP contribution in [0, 0.1) is 0 Å². The molecule has 1 N–H and O–H groups in total. The van der Waals surface area contributed by atoms with Gasteiger partial charge in [-0.3, -0.25) is 14.9 Å². The summed E-state index contributed by atoms with van der Waals surface area (Å²) in [6, 6.07) is 9.62. The Morgan fingerprint density at radius 3 is 2.46 bits per heavy atom. The maximum absolute atomic E-state index is 13.0. The summed E-state index contributed by atoms with van der Waals surface area (Å²) in [7, 11) is 0. The van der Waals surface area contributed by atoms with E-state index in [0.29, 0.717) is 27.2 Å². The Kier molecular flexibility index (Phi) is 4.64. The quantitative estimate of drug-likeness (QED) is 0.581. The van der Waals surface area contributed by atoms with Crippen LogP contribution < -0.4 is 19.7 Å². The van der Waals surface area contributed by atoms with Crippen molar-refractivity contribution < 1.29 is 23.9 Å². The van der Waals surface area contributed by atoms with Gasteiger partial charge in [0.25, 0.3) is 11.8 Å². The van der Waals surface area contributed by atoms with E-state index in [4.69, 9.17) is 9.47 Å². The maximum atomic E-state index is 13.0. The fourth-order valence-corrected chi connectivity index (χ4v) is 3.41. The number of aryl methyl sites for hydroxylation is 1. The molecule has 0 bridgehead atoms. The van der Waals surface area contributed by atoms with Crippen LogP contribution in [0.1, 0.15) is 18.1 Å². The van der Waals surface area contributed by atoms with Gasteiger partial charge in [-0.2, -0.15) is 0 Å². The average Bonchev–Trinajstić information content (AvgIpc) is 3.12. The molecule has 142 valence electrons. The summed E-state index contributed by atoms with van der Waals surface area (Å²) in [5.41, 5.74) is 1.87. The summed E-state index contributed by atoms with van der Waals surface area (Å²) in [6.45, 7) is 2.12. The summed E-state index contributed by atoms with van der Waals surface area (Å²) < 4.78 is 11.3. The summed E-state index contributed by atoms with van der Waals surface area (Å²) in [4.78, 5) is 38.5. The molecular formula is C20H15BrN2O5. The third kappa shape index (κ3) is 3.16. The highest BCUT2D eigenvalue weighted by atomic mass is 79.9. The zero-order valence-electron chi connectivity index (χ0n) is 14.8. The Morgan fingerprint density at radius 1 is 1.11 bits per heavy atom. The molecule has 0 unspecified atom stereocenters. The monoisotopic (exact) mass is 442 g/mol. The van der Waals surface area contributed by atoms with Crippen LogP contribution in [0.5, 0.6) is 11.5 Å². The minimum Gasteiger partial charge on any atom is -0.454 e. The number of anilines is 1. The number of ether oxygens (including phenoxy) is 2. The second-order valence-corrected chi connectivity index (χ2v) is 7.06. The number of fused-ring (bicyclic) bond motifs is 1. The lowest BCUT2D eigenvalue weighted by atomic mass is 10.1. The molecule has 7 nitrogen and oxygen atoms in total. The van der Waals surface area contributed by atoms with Crippen LogP contribution in [0.15, 0.2) is 46.4 Å². The van der Waals surface area contributed by atoms with Crippen LogP contribution in [-0.4, -0.2) is 24.6 Å². The van der Waals surface area contributed by atoms with Gasteiger partial charge in [0, 0.05) is 4.47 Å². The molecule has 2 aromatic carbocycles. The Labute approximate surface area is 169 Å². The van der Waals surface area contributed by atoms with Crippen molar-refractivity contribution in [3.8, 4) is 11.5 Å². The number of carbonyl (C=O) groups excluding carboxylic acids is 3. The molecule has 8 heteroatoms. The van der Waals surface area contributed by atoms with Crippen LogP contribution in [0.3, 0.4) is 0 Å². The van der Waals surface area contributed by atoms with Crippen LogP contribution >= 0.6 is 15.9 Å². The third-order valence-corrected chi connectivity index (χ3v) is 5.18. The molecule has 0 aliphatic carbocycles. The lowest BCUT2D eigenvalue weighted by Gasteiger charge is -2.26. The first-order chi connectivity index (χ1) is 13.5. The smallest absolute Gasteiger partial charge is 0.335 e. The molecule has 0 atom stereocenters. The van der Waals surface area contributed by atoms with Crippen LogP contribution in [0.4, 0.5) is 10.5 Å². The molecule has 4 amide bonds. The zero-order chi connectivity index (χ0) is 19.8. The normalized spacial score (nSPS) is 17.3. The number of rotatable bonds is 3. The van der Waals surface area contributed by atoms with Crippen LogP contribution in [0.2, 0.25) is 0 Å². The van der Waals surface area contributed by atoms with E-state index in [9.17, 15) is 14.4 Å². The van der Waals surface area contributed by atoms with Gasteiger partial charge in [-0.1, -0.05) is 35.0 Å². The number of benzene rings is 2. The SMILES string of the molecule is CCc1ccc(N2C(=O)NC(=O)/C(=C/c3cc4c(cc3Br)OCO4)C2=O)cc1. The highest BCUT2D eigenvalue weighted by molar-refractivity contribution is 9.10. The number of barbiturate groups is 1. The fourth-order valence-electron chi connectivity index (χ4n) is 2.97. The highest BCUT2D eigenvalue weighted by Crippen LogP contribution is 2.38. The molecule has 28 heavy (non-hydrogen) atoms. The average molecular weight is 443 g/mol. The minimum absolute atomic E-state index is 0.108. The van der Waals surface area contributed by atoms with E-state index >= 15 is 0 Å². The minimum atomic E-state index is -0.777. The summed E-state index contributed by atoms with van der Waals surface area (Å²) >= 11 is 3.40. The van der Waals surface area contributed by atoms with Gasteiger partial charge in [0.1, 0.15) is 5.57 Å². The molecule has 0 spiro atoms. The van der Waals surface area contributed by atoms with E-state index in [-0.39, 0.29) is 12.4 Å². The van der Waals surface area contributed by atoms with E-state index in [0.717, 1.165) is 16.9 Å². The van der Waals surface area contributed by atoms with Crippen molar-refractivity contribution in [1.29, 1.82) is 0 Å². The van der Waals surface area contributed by atoms with Crippen molar-refractivity contribution in [3.05, 3.63) is 57.6 Å². The molecule has 2 aliphatic heterocycles. The predicted molar refractivity (Wildman–Crippen MR) is 105 cm³/mol. The topological polar surface area (TPSA) is 84.9 Å². The first-order valence-electron chi connectivity index (χ1n) is 8.57. The number of nitrogens with one attached hydrogen (secondary N) is 1. The molecule has 2 heterocycles. The van der Waals surface area contributed by atoms with Crippen molar-refractivity contribution in [2.24, 2.45) is 0 Å². The van der Waals surface area contributed by atoms with Crippen molar-refractivity contribution in [1.82, 2.24) is 5.32 Å². The van der Waals surface area contributed by atoms with E-state index < -0.39 is 17.8 Å². The van der Waals surface area contributed by atoms with E-state index in [1.54, 1.807) is 24.3 Å². The van der Waals surface area contributed by atoms with Gasteiger partial charge in [0.15, 0.2) is 11.5 Å². The lowest BCUT2D eigenvalue weighted by molar-refractivity contribution is -0.122. The number of hydrogen-bond acceptors (Lipinski definition) is 5. The van der Waals surface area contributed by atoms with Crippen molar-refractivity contribution in [3.63, 3.8) is 0 Å². The fraction of sp³-hybridized carbons (Fsp3) is 0.150. The lowest BCUT2D eigenvalue weighted by Crippen LogP contribution is -2.54. The van der Waals surface area contributed by atoms with E-state index in [1.807, 2.05) is 19.1 Å². The maximum Gasteiger partial charge on any atom is 0.335 e. The molecule has 4 rings (SSSR count). The van der Waals surface area contributed by atoms with Crippen molar-refractivity contribution in [2.75, 3.05) is 11.7 Å². The van der Waals surface area contributed by atoms with Gasteiger partial charge in [-0.25, -0.2) is 9.69 Å². The summed E-state index contributed by atoms with van der Waals surface area (Å²) in [6.07, 6.45) is 2.26. The zero-order valence-corrected chi connectivity index (χ0v) is 16.4. The number of halogens is 1. The number of nitrogens with zero attached hydrogens (tertiary/aromatic N) is 1. The first-order valence-corrected chi connectivity index (χ1v) is 9.36. The molecule has 0 radical (unpaired) electrons. The number of imide groups is 2. The van der Waals surface area contributed by atoms with Gasteiger partial charge in [-0.15, -0.1) is 0 Å². The highest BCUT2D eigenvalue weighted by Gasteiger charge is 2.37. The van der Waals surface area contributed by atoms with Crippen molar-refractivity contribution in [2.45, 2.75) is 13.3 Å². The molecule has 0 saturated carbocycles. The van der Waals surface area contributed by atoms with Crippen LogP contribution in [-0.2, 0) is 16.0 Å². The summed E-state index contributed by atoms with van der Waals surface area (Å²) in [5, 5.41) is 2.22. The standard InChI is InChI=1S/C20H15BrN2O5/c1-2-11-3-5-13(6-4-11)23-19(25)14(18(24)22-20(23)26)7-12-8-16-17(9-15(12)21)28-10-27-16/h3-9H,2,10H2,1H3,(H,22,24,26)/b14-7-. The van der Waals surface area contributed by atoms with Gasteiger partial charge in [0.05, 0.1) is 5.69 Å². The van der Waals surface area contributed by atoms with E-state index in [2.05, 4.69) is 21.2 Å².